The van der Waals surface area contributed by atoms with Crippen molar-refractivity contribution in [3.05, 3.63) is 24.3 Å². The number of nitrogens with zero attached hydrogens (tertiary/aromatic N) is 2. The molecule has 0 radical (unpaired) electrons. The molecule has 1 aromatic rings. The van der Waals surface area contributed by atoms with Gasteiger partial charge in [-0.25, -0.2) is 9.97 Å². The van der Waals surface area contributed by atoms with Crippen molar-refractivity contribution in [2.45, 2.75) is 32.5 Å². The Morgan fingerprint density at radius 3 is 2.43 bits per heavy atom. The second kappa shape index (κ2) is 4.48. The highest BCUT2D eigenvalue weighted by molar-refractivity contribution is 5.06. The summed E-state index contributed by atoms with van der Waals surface area (Å²) in [5.41, 5.74) is 0.438. The molecule has 4 heteroatoms. The van der Waals surface area contributed by atoms with Gasteiger partial charge in [0.05, 0.1) is 12.2 Å². The summed E-state index contributed by atoms with van der Waals surface area (Å²) in [7, 11) is 0. The largest absolute Gasteiger partial charge is 0.386 e. The summed E-state index contributed by atoms with van der Waals surface area (Å²) in [6.07, 6.45) is 3.95. The molecule has 0 aliphatic carbocycles. The van der Waals surface area contributed by atoms with Gasteiger partial charge < -0.3 is 9.84 Å². The minimum Gasteiger partial charge on any atom is -0.386 e. The first-order chi connectivity index (χ1) is 6.49. The van der Waals surface area contributed by atoms with Gasteiger partial charge in [-0.05, 0) is 20.8 Å². The van der Waals surface area contributed by atoms with Crippen LogP contribution in [0.5, 0.6) is 0 Å². The standard InChI is InChI=1S/C10H16N2O2/c1-10(2,3)14-6-9(13)8-4-11-7-12-5-8/h4-5,7,9,13H,6H2,1-3H3. The molecule has 0 amide bonds. The van der Waals surface area contributed by atoms with Gasteiger partial charge >= 0.3 is 0 Å². The number of hydrogen-bond acceptors (Lipinski definition) is 4. The molecule has 0 saturated carbocycles. The van der Waals surface area contributed by atoms with Crippen molar-refractivity contribution in [3.63, 3.8) is 0 Å². The third kappa shape index (κ3) is 3.81. The van der Waals surface area contributed by atoms with Crippen LogP contribution in [0.25, 0.3) is 0 Å². The van der Waals surface area contributed by atoms with E-state index in [1.165, 1.54) is 6.33 Å². The number of aliphatic hydroxyl groups excluding tert-OH is 1. The van der Waals surface area contributed by atoms with Crippen LogP contribution in [0.1, 0.15) is 32.4 Å². The van der Waals surface area contributed by atoms with Crippen LogP contribution in [0.4, 0.5) is 0 Å². The summed E-state index contributed by atoms with van der Waals surface area (Å²) >= 11 is 0. The van der Waals surface area contributed by atoms with E-state index in [4.69, 9.17) is 4.74 Å². The lowest BCUT2D eigenvalue weighted by atomic mass is 10.1. The first kappa shape index (κ1) is 11.1. The molecule has 1 aromatic heterocycles. The molecule has 0 spiro atoms. The third-order valence-electron chi connectivity index (χ3n) is 1.64. The molecule has 0 bridgehead atoms. The van der Waals surface area contributed by atoms with Crippen molar-refractivity contribution < 1.29 is 9.84 Å². The highest BCUT2D eigenvalue weighted by Gasteiger charge is 2.14. The Hall–Kier alpha value is -1.00. The van der Waals surface area contributed by atoms with E-state index in [1.807, 2.05) is 20.8 Å². The lowest BCUT2D eigenvalue weighted by molar-refractivity contribution is -0.0497. The second-order valence-corrected chi connectivity index (χ2v) is 4.11. The lowest BCUT2D eigenvalue weighted by Gasteiger charge is -2.21. The summed E-state index contributed by atoms with van der Waals surface area (Å²) in [4.78, 5) is 7.65. The monoisotopic (exact) mass is 196 g/mol. The van der Waals surface area contributed by atoms with Gasteiger partial charge in [0.25, 0.3) is 0 Å². The number of aliphatic hydroxyl groups is 1. The van der Waals surface area contributed by atoms with E-state index >= 15 is 0 Å². The molecule has 1 atom stereocenters. The average Bonchev–Trinajstić information content (AvgIpc) is 2.14. The molecule has 0 aliphatic rings. The molecular weight excluding hydrogens is 180 g/mol. The van der Waals surface area contributed by atoms with Crippen LogP contribution in [-0.2, 0) is 4.74 Å². The van der Waals surface area contributed by atoms with Crippen molar-refractivity contribution in [1.82, 2.24) is 9.97 Å². The van der Waals surface area contributed by atoms with E-state index < -0.39 is 6.10 Å². The van der Waals surface area contributed by atoms with Gasteiger partial charge in [-0.15, -0.1) is 0 Å². The van der Waals surface area contributed by atoms with Crippen LogP contribution < -0.4 is 0 Å². The van der Waals surface area contributed by atoms with Gasteiger partial charge in [0.2, 0.25) is 0 Å². The minimum absolute atomic E-state index is 0.239. The Labute approximate surface area is 84.0 Å². The Morgan fingerprint density at radius 2 is 1.93 bits per heavy atom. The van der Waals surface area contributed by atoms with Crippen molar-refractivity contribution in [2.75, 3.05) is 6.61 Å². The number of aromatic nitrogens is 2. The summed E-state index contributed by atoms with van der Waals surface area (Å²) in [5.74, 6) is 0. The van der Waals surface area contributed by atoms with E-state index in [9.17, 15) is 5.11 Å². The Bertz CT molecular complexity index is 269. The molecule has 0 fully saturated rings. The van der Waals surface area contributed by atoms with Crippen molar-refractivity contribution in [2.24, 2.45) is 0 Å². The van der Waals surface area contributed by atoms with Gasteiger partial charge in [0.15, 0.2) is 0 Å². The zero-order chi connectivity index (χ0) is 10.6. The van der Waals surface area contributed by atoms with E-state index in [2.05, 4.69) is 9.97 Å². The van der Waals surface area contributed by atoms with E-state index in [0.717, 1.165) is 0 Å². The Balaban J connectivity index is 2.48. The molecule has 1 heterocycles. The molecule has 0 aromatic carbocycles. The molecule has 0 aliphatic heterocycles. The highest BCUT2D eigenvalue weighted by atomic mass is 16.5. The molecule has 0 saturated heterocycles. The van der Waals surface area contributed by atoms with E-state index in [-0.39, 0.29) is 12.2 Å². The maximum absolute atomic E-state index is 9.68. The molecular formula is C10H16N2O2. The summed E-state index contributed by atoms with van der Waals surface area (Å²) in [6.45, 7) is 6.10. The molecule has 1 unspecified atom stereocenters. The van der Waals surface area contributed by atoms with Crippen LogP contribution in [0.3, 0.4) is 0 Å². The summed E-state index contributed by atoms with van der Waals surface area (Å²) in [5, 5.41) is 9.68. The van der Waals surface area contributed by atoms with Gasteiger partial charge in [0, 0.05) is 18.0 Å². The summed E-state index contributed by atoms with van der Waals surface area (Å²) in [6, 6.07) is 0. The van der Waals surface area contributed by atoms with Gasteiger partial charge in [-0.2, -0.15) is 0 Å². The number of hydrogen-bond donors (Lipinski definition) is 1. The maximum Gasteiger partial charge on any atom is 0.115 e. The average molecular weight is 196 g/mol. The predicted molar refractivity (Wildman–Crippen MR) is 52.7 cm³/mol. The van der Waals surface area contributed by atoms with Crippen LogP contribution in [0.15, 0.2) is 18.7 Å². The fourth-order valence-electron chi connectivity index (χ4n) is 0.908. The zero-order valence-corrected chi connectivity index (χ0v) is 8.77. The normalized spacial score (nSPS) is 14.0. The van der Waals surface area contributed by atoms with Crippen LogP contribution in [0.2, 0.25) is 0 Å². The molecule has 1 N–H and O–H groups in total. The minimum atomic E-state index is -0.657. The number of rotatable bonds is 3. The number of ether oxygens (including phenoxy) is 1. The van der Waals surface area contributed by atoms with Crippen LogP contribution in [0, 0.1) is 0 Å². The smallest absolute Gasteiger partial charge is 0.115 e. The van der Waals surface area contributed by atoms with Crippen molar-refractivity contribution >= 4 is 0 Å². The van der Waals surface area contributed by atoms with E-state index in [1.54, 1.807) is 12.4 Å². The predicted octanol–water partition coefficient (Wildman–Crippen LogP) is 1.33. The quantitative estimate of drug-likeness (QED) is 0.792. The van der Waals surface area contributed by atoms with Gasteiger partial charge in [0.1, 0.15) is 12.4 Å². The fraction of sp³-hybridized carbons (Fsp3) is 0.600. The third-order valence-corrected chi connectivity index (χ3v) is 1.64. The Morgan fingerprint density at radius 1 is 1.36 bits per heavy atom. The first-order valence-electron chi connectivity index (χ1n) is 4.56. The Kier molecular flexibility index (Phi) is 3.55. The highest BCUT2D eigenvalue weighted by Crippen LogP contribution is 2.14. The molecule has 4 nitrogen and oxygen atoms in total. The van der Waals surface area contributed by atoms with Crippen molar-refractivity contribution in [1.29, 1.82) is 0 Å². The van der Waals surface area contributed by atoms with Gasteiger partial charge in [-0.1, -0.05) is 0 Å². The first-order valence-corrected chi connectivity index (χ1v) is 4.56. The fourth-order valence-corrected chi connectivity index (χ4v) is 0.908. The van der Waals surface area contributed by atoms with Crippen LogP contribution >= 0.6 is 0 Å². The maximum atomic E-state index is 9.68. The second-order valence-electron chi connectivity index (χ2n) is 4.11. The SMILES string of the molecule is CC(C)(C)OCC(O)c1cncnc1. The van der Waals surface area contributed by atoms with Gasteiger partial charge in [-0.3, -0.25) is 0 Å². The molecule has 78 valence electrons. The zero-order valence-electron chi connectivity index (χ0n) is 8.77. The lowest BCUT2D eigenvalue weighted by Crippen LogP contribution is -2.22. The summed E-state index contributed by atoms with van der Waals surface area (Å²) < 4.78 is 5.44. The van der Waals surface area contributed by atoms with Crippen molar-refractivity contribution in [3.8, 4) is 0 Å². The van der Waals surface area contributed by atoms with E-state index in [0.29, 0.717) is 5.56 Å². The van der Waals surface area contributed by atoms with Crippen LogP contribution in [-0.4, -0.2) is 27.3 Å². The molecule has 1 rings (SSSR count). The molecule has 14 heavy (non-hydrogen) atoms. The topological polar surface area (TPSA) is 55.2 Å².